The van der Waals surface area contributed by atoms with E-state index in [0.29, 0.717) is 17.4 Å². The van der Waals surface area contributed by atoms with Crippen molar-refractivity contribution in [2.75, 3.05) is 22.1 Å². The molecule has 7 heteroatoms. The number of hydrogen-bond donors (Lipinski definition) is 2. The average molecular weight is 303 g/mol. The van der Waals surface area contributed by atoms with Crippen LogP contribution in [0.1, 0.15) is 0 Å². The predicted octanol–water partition coefficient (Wildman–Crippen LogP) is 2.96. The summed E-state index contributed by atoms with van der Waals surface area (Å²) in [6.45, 7) is -0.189. The summed E-state index contributed by atoms with van der Waals surface area (Å²) in [6.07, 6.45) is 0. The Bertz CT molecular complexity index is 764. The highest BCUT2D eigenvalue weighted by Gasteiger charge is 2.27. The molecular formula is C15H11F2N3O2. The lowest BCUT2D eigenvalue weighted by Crippen LogP contribution is -2.44. The lowest BCUT2D eigenvalue weighted by molar-refractivity contribution is -0.115. The second kappa shape index (κ2) is 5.44. The van der Waals surface area contributed by atoms with E-state index in [1.165, 1.54) is 4.90 Å². The minimum Gasteiger partial charge on any atom is -0.323 e. The minimum absolute atomic E-state index is 0.158. The quantitative estimate of drug-likeness (QED) is 0.851. The molecule has 2 N–H and O–H groups in total. The Morgan fingerprint density at radius 3 is 2.73 bits per heavy atom. The molecule has 5 nitrogen and oxygen atoms in total. The number of nitrogens with one attached hydrogen (secondary N) is 2. The van der Waals surface area contributed by atoms with Gasteiger partial charge in [0.05, 0.1) is 17.1 Å². The van der Waals surface area contributed by atoms with E-state index < -0.39 is 17.7 Å². The first kappa shape index (κ1) is 14.0. The van der Waals surface area contributed by atoms with Crippen LogP contribution in [0.5, 0.6) is 0 Å². The van der Waals surface area contributed by atoms with Gasteiger partial charge in [-0.05, 0) is 24.3 Å². The van der Waals surface area contributed by atoms with Gasteiger partial charge in [0.15, 0.2) is 0 Å². The number of anilines is 3. The van der Waals surface area contributed by atoms with Gasteiger partial charge in [0, 0.05) is 6.07 Å². The molecular weight excluding hydrogens is 292 g/mol. The van der Waals surface area contributed by atoms with Crippen LogP contribution in [0.25, 0.3) is 0 Å². The largest absolute Gasteiger partial charge is 0.326 e. The van der Waals surface area contributed by atoms with Crippen LogP contribution in [0.4, 0.5) is 30.6 Å². The summed E-state index contributed by atoms with van der Waals surface area (Å²) in [4.78, 5) is 25.1. The van der Waals surface area contributed by atoms with Crippen LogP contribution in [0, 0.1) is 11.6 Å². The molecule has 1 heterocycles. The lowest BCUT2D eigenvalue weighted by Gasteiger charge is -2.29. The van der Waals surface area contributed by atoms with E-state index in [2.05, 4.69) is 10.6 Å². The van der Waals surface area contributed by atoms with Gasteiger partial charge in [0.2, 0.25) is 5.91 Å². The van der Waals surface area contributed by atoms with Crippen molar-refractivity contribution >= 4 is 29.0 Å². The van der Waals surface area contributed by atoms with Crippen LogP contribution in [0.2, 0.25) is 0 Å². The number of carbonyl (C=O) groups is 2. The zero-order valence-corrected chi connectivity index (χ0v) is 11.3. The van der Waals surface area contributed by atoms with E-state index in [1.54, 1.807) is 24.3 Å². The van der Waals surface area contributed by atoms with Crippen molar-refractivity contribution in [1.29, 1.82) is 0 Å². The summed E-state index contributed by atoms with van der Waals surface area (Å²) in [5.74, 6) is -1.98. The van der Waals surface area contributed by atoms with E-state index in [4.69, 9.17) is 0 Å². The second-order valence-electron chi connectivity index (χ2n) is 4.71. The highest BCUT2D eigenvalue weighted by Crippen LogP contribution is 2.29. The fourth-order valence-electron chi connectivity index (χ4n) is 2.19. The van der Waals surface area contributed by atoms with Crippen molar-refractivity contribution in [2.45, 2.75) is 0 Å². The monoisotopic (exact) mass is 303 g/mol. The van der Waals surface area contributed by atoms with Crippen molar-refractivity contribution in [3.8, 4) is 0 Å². The third-order valence-corrected chi connectivity index (χ3v) is 3.19. The topological polar surface area (TPSA) is 61.4 Å². The van der Waals surface area contributed by atoms with Crippen molar-refractivity contribution < 1.29 is 18.4 Å². The Morgan fingerprint density at radius 1 is 1.18 bits per heavy atom. The molecule has 0 saturated carbocycles. The van der Waals surface area contributed by atoms with Crippen LogP contribution in [0.15, 0.2) is 42.5 Å². The number of fused-ring (bicyclic) bond motifs is 1. The van der Waals surface area contributed by atoms with Gasteiger partial charge >= 0.3 is 6.03 Å². The molecule has 0 spiro atoms. The van der Waals surface area contributed by atoms with E-state index >= 15 is 0 Å². The fourth-order valence-corrected chi connectivity index (χ4v) is 2.19. The standard InChI is InChI=1S/C15H11F2N3O2/c16-9-5-6-11(10(17)7-9)19-15(22)20-8-14(21)18-12-3-1-2-4-13(12)20/h1-7H,8H2,(H,18,21)(H,19,22). The average Bonchev–Trinajstić information content (AvgIpc) is 2.49. The molecule has 1 aliphatic rings. The molecule has 0 bridgehead atoms. The van der Waals surface area contributed by atoms with Crippen LogP contribution < -0.4 is 15.5 Å². The number of rotatable bonds is 1. The summed E-state index contributed by atoms with van der Waals surface area (Å²) < 4.78 is 26.5. The molecule has 3 amide bonds. The smallest absolute Gasteiger partial charge is 0.323 e. The molecule has 0 radical (unpaired) electrons. The Kier molecular flexibility index (Phi) is 3.46. The van der Waals surface area contributed by atoms with Gasteiger partial charge in [-0.1, -0.05) is 12.1 Å². The summed E-state index contributed by atoms with van der Waals surface area (Å²) >= 11 is 0. The highest BCUT2D eigenvalue weighted by molar-refractivity contribution is 6.12. The van der Waals surface area contributed by atoms with E-state index in [0.717, 1.165) is 12.1 Å². The summed E-state index contributed by atoms with van der Waals surface area (Å²) in [6, 6.07) is 8.92. The lowest BCUT2D eigenvalue weighted by atomic mass is 10.2. The number of urea groups is 1. The molecule has 0 aliphatic carbocycles. The molecule has 3 rings (SSSR count). The first-order valence-electron chi connectivity index (χ1n) is 6.47. The van der Waals surface area contributed by atoms with Gasteiger partial charge in [-0.15, -0.1) is 0 Å². The summed E-state index contributed by atoms with van der Waals surface area (Å²) in [5.41, 5.74) is 0.838. The third kappa shape index (κ3) is 2.60. The van der Waals surface area contributed by atoms with Crippen molar-refractivity contribution in [3.05, 3.63) is 54.1 Å². The molecule has 2 aromatic carbocycles. The molecule has 22 heavy (non-hydrogen) atoms. The Hall–Kier alpha value is -2.96. The number of benzene rings is 2. The minimum atomic E-state index is -0.886. The SMILES string of the molecule is O=C1CN(C(=O)Nc2ccc(F)cc2F)c2ccccc2N1. The first-order chi connectivity index (χ1) is 10.5. The van der Waals surface area contributed by atoms with Crippen molar-refractivity contribution in [1.82, 2.24) is 0 Å². The van der Waals surface area contributed by atoms with E-state index in [-0.39, 0.29) is 18.1 Å². The van der Waals surface area contributed by atoms with Gasteiger partial charge in [0.1, 0.15) is 18.2 Å². The van der Waals surface area contributed by atoms with Crippen molar-refractivity contribution in [3.63, 3.8) is 0 Å². The number of amides is 3. The molecule has 112 valence electrons. The molecule has 0 fully saturated rings. The van der Waals surface area contributed by atoms with E-state index in [9.17, 15) is 18.4 Å². The Labute approximate surface area is 124 Å². The molecule has 0 aromatic heterocycles. The maximum absolute atomic E-state index is 13.6. The zero-order valence-electron chi connectivity index (χ0n) is 11.3. The molecule has 0 saturated heterocycles. The van der Waals surface area contributed by atoms with Crippen LogP contribution in [-0.2, 0) is 4.79 Å². The van der Waals surface area contributed by atoms with E-state index in [1.807, 2.05) is 0 Å². The zero-order chi connectivity index (χ0) is 15.7. The van der Waals surface area contributed by atoms with Crippen LogP contribution >= 0.6 is 0 Å². The number of para-hydroxylation sites is 2. The van der Waals surface area contributed by atoms with Gasteiger partial charge in [-0.25, -0.2) is 13.6 Å². The van der Waals surface area contributed by atoms with Gasteiger partial charge in [-0.2, -0.15) is 0 Å². The molecule has 0 unspecified atom stereocenters. The normalized spacial score (nSPS) is 13.4. The maximum atomic E-state index is 13.6. The third-order valence-electron chi connectivity index (χ3n) is 3.19. The number of carbonyl (C=O) groups excluding carboxylic acids is 2. The number of halogens is 2. The Balaban J connectivity index is 1.88. The number of nitrogens with zero attached hydrogens (tertiary/aromatic N) is 1. The highest BCUT2D eigenvalue weighted by atomic mass is 19.1. The van der Waals surface area contributed by atoms with Gasteiger partial charge in [-0.3, -0.25) is 9.69 Å². The predicted molar refractivity (Wildman–Crippen MR) is 77.8 cm³/mol. The van der Waals surface area contributed by atoms with Gasteiger partial charge < -0.3 is 10.6 Å². The molecule has 2 aromatic rings. The van der Waals surface area contributed by atoms with Gasteiger partial charge in [0.25, 0.3) is 0 Å². The first-order valence-corrected chi connectivity index (χ1v) is 6.47. The Morgan fingerprint density at radius 2 is 1.95 bits per heavy atom. The maximum Gasteiger partial charge on any atom is 0.326 e. The van der Waals surface area contributed by atoms with Crippen molar-refractivity contribution in [2.24, 2.45) is 0 Å². The second-order valence-corrected chi connectivity index (χ2v) is 4.71. The van der Waals surface area contributed by atoms with Crippen LogP contribution in [0.3, 0.4) is 0 Å². The molecule has 0 atom stereocenters. The summed E-state index contributed by atoms with van der Waals surface area (Å²) in [5, 5.41) is 4.98. The fraction of sp³-hybridized carbons (Fsp3) is 0.0667. The number of hydrogen-bond acceptors (Lipinski definition) is 2. The van der Waals surface area contributed by atoms with Crippen LogP contribution in [-0.4, -0.2) is 18.5 Å². The molecule has 1 aliphatic heterocycles. The summed E-state index contributed by atoms with van der Waals surface area (Å²) in [7, 11) is 0.